The number of aromatic amines is 1. The molecule has 6 nitrogen and oxygen atoms in total. The van der Waals surface area contributed by atoms with Crippen LogP contribution in [0.3, 0.4) is 0 Å². The van der Waals surface area contributed by atoms with E-state index >= 15 is 0 Å². The maximum absolute atomic E-state index is 13.6. The lowest BCUT2D eigenvalue weighted by Crippen LogP contribution is -2.39. The van der Waals surface area contributed by atoms with Crippen molar-refractivity contribution < 1.29 is 8.42 Å². The van der Waals surface area contributed by atoms with E-state index in [1.165, 1.54) is 0 Å². The molecule has 2 fully saturated rings. The highest BCUT2D eigenvalue weighted by Gasteiger charge is 2.35. The molecule has 0 amide bonds. The number of aromatic nitrogens is 3. The molecule has 1 aliphatic carbocycles. The molecule has 2 aliphatic rings. The number of nitrogens with zero attached hydrogens (tertiary/aromatic N) is 3. The largest absolute Gasteiger partial charge is 0.263 e. The highest BCUT2D eigenvalue weighted by Crippen LogP contribution is 2.39. The van der Waals surface area contributed by atoms with Crippen molar-refractivity contribution >= 4 is 10.0 Å². The molecular weight excluding hydrogens is 384 g/mol. The van der Waals surface area contributed by atoms with Crippen molar-refractivity contribution in [1.82, 2.24) is 19.5 Å². The van der Waals surface area contributed by atoms with Crippen molar-refractivity contribution in [2.75, 3.05) is 13.1 Å². The Kier molecular flexibility index (Phi) is 4.72. The molecule has 1 unspecified atom stereocenters. The first kappa shape index (κ1) is 18.5. The summed E-state index contributed by atoms with van der Waals surface area (Å²) in [6, 6.07) is 16.9. The van der Waals surface area contributed by atoms with Gasteiger partial charge in [-0.2, -0.15) is 9.40 Å². The second kappa shape index (κ2) is 7.39. The van der Waals surface area contributed by atoms with E-state index in [4.69, 9.17) is 0 Å². The zero-order valence-corrected chi connectivity index (χ0v) is 17.0. The summed E-state index contributed by atoms with van der Waals surface area (Å²) in [5, 5.41) is 7.45. The molecule has 2 heterocycles. The molecule has 1 saturated heterocycles. The van der Waals surface area contributed by atoms with Gasteiger partial charge in [-0.1, -0.05) is 48.5 Å². The fourth-order valence-electron chi connectivity index (χ4n) is 4.07. The van der Waals surface area contributed by atoms with Gasteiger partial charge in [0.25, 0.3) is 0 Å². The van der Waals surface area contributed by atoms with Gasteiger partial charge in [0.2, 0.25) is 10.0 Å². The molecule has 29 heavy (non-hydrogen) atoms. The van der Waals surface area contributed by atoms with Crippen LogP contribution >= 0.6 is 0 Å². The van der Waals surface area contributed by atoms with Crippen molar-refractivity contribution in [3.05, 3.63) is 66.2 Å². The molecule has 7 heteroatoms. The van der Waals surface area contributed by atoms with Crippen molar-refractivity contribution in [1.29, 1.82) is 0 Å². The number of rotatable bonds is 5. The second-order valence-corrected chi connectivity index (χ2v) is 9.82. The van der Waals surface area contributed by atoms with Crippen LogP contribution < -0.4 is 0 Å². The molecule has 0 spiro atoms. The second-order valence-electron chi connectivity index (χ2n) is 7.92. The quantitative estimate of drug-likeness (QED) is 0.694. The first-order valence-corrected chi connectivity index (χ1v) is 11.6. The standard InChI is InChI=1S/C22H24N4O2S/c27-29(28,20-11-5-4-10-19(20)16-7-2-1-3-8-16)26-14-6-9-18(15-26)22-23-21(24-25-22)17-12-13-17/h1-5,7-8,10-11,17-18H,6,9,12-15H2,(H,23,24,25). The Morgan fingerprint density at radius 2 is 1.69 bits per heavy atom. The van der Waals surface area contributed by atoms with Gasteiger partial charge in [-0.25, -0.2) is 13.4 Å². The Morgan fingerprint density at radius 3 is 2.48 bits per heavy atom. The monoisotopic (exact) mass is 408 g/mol. The fourth-order valence-corrected chi connectivity index (χ4v) is 5.81. The summed E-state index contributed by atoms with van der Waals surface area (Å²) in [7, 11) is -3.61. The number of H-pyrrole nitrogens is 1. The summed E-state index contributed by atoms with van der Waals surface area (Å²) in [6.45, 7) is 0.954. The maximum atomic E-state index is 13.6. The van der Waals surface area contributed by atoms with Gasteiger partial charge in [-0.3, -0.25) is 5.10 Å². The fraction of sp³-hybridized carbons (Fsp3) is 0.364. The van der Waals surface area contributed by atoms with Gasteiger partial charge >= 0.3 is 0 Å². The van der Waals surface area contributed by atoms with Gasteiger partial charge in [-0.05, 0) is 37.3 Å². The highest BCUT2D eigenvalue weighted by atomic mass is 32.2. The van der Waals surface area contributed by atoms with Crippen LogP contribution in [0.5, 0.6) is 0 Å². The van der Waals surface area contributed by atoms with Crippen LogP contribution in [-0.2, 0) is 10.0 Å². The predicted molar refractivity (Wildman–Crippen MR) is 111 cm³/mol. The normalized spacial score (nSPS) is 20.6. The highest BCUT2D eigenvalue weighted by molar-refractivity contribution is 7.89. The first-order chi connectivity index (χ1) is 14.1. The van der Waals surface area contributed by atoms with E-state index in [1.807, 2.05) is 42.5 Å². The van der Waals surface area contributed by atoms with E-state index in [-0.39, 0.29) is 5.92 Å². The Morgan fingerprint density at radius 1 is 0.931 bits per heavy atom. The third-order valence-electron chi connectivity index (χ3n) is 5.82. The van der Waals surface area contributed by atoms with Crippen molar-refractivity contribution in [3.8, 4) is 11.1 Å². The number of hydrogen-bond donors (Lipinski definition) is 1. The summed E-state index contributed by atoms with van der Waals surface area (Å²) >= 11 is 0. The van der Waals surface area contributed by atoms with E-state index in [2.05, 4.69) is 15.2 Å². The minimum atomic E-state index is -3.61. The van der Waals surface area contributed by atoms with Gasteiger partial charge < -0.3 is 0 Å². The van der Waals surface area contributed by atoms with Gasteiger partial charge in [0.1, 0.15) is 5.82 Å². The molecule has 3 aromatic rings. The predicted octanol–water partition coefficient (Wildman–Crippen LogP) is 3.92. The van der Waals surface area contributed by atoms with E-state index in [1.54, 1.807) is 16.4 Å². The smallest absolute Gasteiger partial charge is 0.243 e. The van der Waals surface area contributed by atoms with Crippen molar-refractivity contribution in [2.24, 2.45) is 0 Å². The molecule has 2 aromatic carbocycles. The molecular formula is C22H24N4O2S. The molecule has 1 aromatic heterocycles. The number of sulfonamides is 1. The topological polar surface area (TPSA) is 79.0 Å². The summed E-state index contributed by atoms with van der Waals surface area (Å²) in [5.41, 5.74) is 1.65. The summed E-state index contributed by atoms with van der Waals surface area (Å²) in [5.74, 6) is 2.25. The number of nitrogens with one attached hydrogen (secondary N) is 1. The van der Waals surface area contributed by atoms with Gasteiger partial charge in [0.05, 0.1) is 4.90 Å². The van der Waals surface area contributed by atoms with Crippen LogP contribution in [0.2, 0.25) is 0 Å². The van der Waals surface area contributed by atoms with Crippen LogP contribution in [0.25, 0.3) is 11.1 Å². The third-order valence-corrected chi connectivity index (χ3v) is 7.75. The number of hydrogen-bond acceptors (Lipinski definition) is 4. The zero-order valence-electron chi connectivity index (χ0n) is 16.2. The van der Waals surface area contributed by atoms with Crippen LogP contribution in [0.15, 0.2) is 59.5 Å². The zero-order chi connectivity index (χ0) is 19.8. The van der Waals surface area contributed by atoms with Crippen molar-refractivity contribution in [3.63, 3.8) is 0 Å². The summed E-state index contributed by atoms with van der Waals surface area (Å²) < 4.78 is 28.7. The Balaban J connectivity index is 1.44. The third kappa shape index (κ3) is 3.60. The van der Waals surface area contributed by atoms with Crippen LogP contribution in [-0.4, -0.2) is 41.0 Å². The SMILES string of the molecule is O=S(=O)(c1ccccc1-c1ccccc1)N1CCCC(c2n[nH]c(C3CC3)n2)C1. The lowest BCUT2D eigenvalue weighted by molar-refractivity contribution is 0.309. The molecule has 0 radical (unpaired) electrons. The van der Waals surface area contributed by atoms with Crippen molar-refractivity contribution in [2.45, 2.75) is 42.4 Å². The number of benzene rings is 2. The van der Waals surface area contributed by atoms with Gasteiger partial charge in [0.15, 0.2) is 5.82 Å². The average Bonchev–Trinajstić information content (AvgIpc) is 3.51. The maximum Gasteiger partial charge on any atom is 0.243 e. The molecule has 1 saturated carbocycles. The minimum Gasteiger partial charge on any atom is -0.263 e. The van der Waals surface area contributed by atoms with Crippen LogP contribution in [0, 0.1) is 0 Å². The van der Waals surface area contributed by atoms with Crippen LogP contribution in [0.4, 0.5) is 0 Å². The Hall–Kier alpha value is -2.51. The minimum absolute atomic E-state index is 0.0335. The van der Waals surface area contributed by atoms with Crippen LogP contribution in [0.1, 0.15) is 49.2 Å². The Labute approximate surface area is 171 Å². The molecule has 150 valence electrons. The lowest BCUT2D eigenvalue weighted by Gasteiger charge is -2.31. The summed E-state index contributed by atoms with van der Waals surface area (Å²) in [6.07, 6.45) is 4.05. The molecule has 5 rings (SSSR count). The van der Waals surface area contributed by atoms with E-state index < -0.39 is 10.0 Å². The Bertz CT molecular complexity index is 1110. The first-order valence-electron chi connectivity index (χ1n) is 10.2. The average molecular weight is 409 g/mol. The van der Waals surface area contributed by atoms with E-state index in [0.717, 1.165) is 48.5 Å². The summed E-state index contributed by atoms with van der Waals surface area (Å²) in [4.78, 5) is 5.02. The van der Waals surface area contributed by atoms with Gasteiger partial charge in [-0.15, -0.1) is 0 Å². The molecule has 1 atom stereocenters. The van der Waals surface area contributed by atoms with E-state index in [0.29, 0.717) is 23.9 Å². The molecule has 0 bridgehead atoms. The van der Waals surface area contributed by atoms with Gasteiger partial charge in [0, 0.05) is 30.5 Å². The molecule has 1 N–H and O–H groups in total. The van der Waals surface area contributed by atoms with E-state index in [9.17, 15) is 8.42 Å². The molecule has 1 aliphatic heterocycles. The lowest BCUT2D eigenvalue weighted by atomic mass is 9.99. The number of piperidine rings is 1.